The Kier molecular flexibility index (Phi) is 6.40. The van der Waals surface area contributed by atoms with Gasteiger partial charge in [0.15, 0.2) is 0 Å². The number of hydrogen-bond donors (Lipinski definition) is 1. The van der Waals surface area contributed by atoms with E-state index in [9.17, 15) is 0 Å². The van der Waals surface area contributed by atoms with Gasteiger partial charge in [0.1, 0.15) is 0 Å². The average Bonchev–Trinajstić information content (AvgIpc) is 2.40. The van der Waals surface area contributed by atoms with Crippen molar-refractivity contribution in [3.8, 4) is 0 Å². The second-order valence-electron chi connectivity index (χ2n) is 5.87. The Morgan fingerprint density at radius 1 is 1.10 bits per heavy atom. The third kappa shape index (κ3) is 5.12. The summed E-state index contributed by atoms with van der Waals surface area (Å²) in [7, 11) is 0. The molecule has 0 bridgehead atoms. The van der Waals surface area contributed by atoms with E-state index in [0.717, 1.165) is 36.6 Å². The molecule has 1 aliphatic heterocycles. The summed E-state index contributed by atoms with van der Waals surface area (Å²) in [5.41, 5.74) is 2.88. The molecule has 0 aromatic heterocycles. The smallest absolute Gasteiger partial charge is 0.0234 e. The molecule has 2 atom stereocenters. The standard InChI is InChI=1S/C17H28N2S/c1-4-18-10-9-16-5-7-17(8-6-16)13-19-11-14(2)20-15(3)12-19/h5-8,14-15,18H,4,9-13H2,1-3H3. The minimum atomic E-state index is 0.762. The molecule has 1 aliphatic rings. The van der Waals surface area contributed by atoms with Crippen LogP contribution >= 0.6 is 11.8 Å². The van der Waals surface area contributed by atoms with Crippen molar-refractivity contribution in [2.45, 2.75) is 44.2 Å². The second-order valence-corrected chi connectivity index (χ2v) is 7.75. The number of hydrogen-bond acceptors (Lipinski definition) is 3. The van der Waals surface area contributed by atoms with E-state index in [0.29, 0.717) is 0 Å². The highest BCUT2D eigenvalue weighted by Crippen LogP contribution is 2.25. The normalized spacial score (nSPS) is 23.9. The number of rotatable bonds is 6. The molecule has 1 fully saturated rings. The van der Waals surface area contributed by atoms with Crippen molar-refractivity contribution in [3.05, 3.63) is 35.4 Å². The highest BCUT2D eigenvalue weighted by atomic mass is 32.2. The lowest BCUT2D eigenvalue weighted by molar-refractivity contribution is 0.263. The van der Waals surface area contributed by atoms with Crippen molar-refractivity contribution in [3.63, 3.8) is 0 Å². The minimum absolute atomic E-state index is 0.762. The van der Waals surface area contributed by atoms with Crippen molar-refractivity contribution < 1.29 is 0 Å². The molecule has 3 heteroatoms. The first kappa shape index (κ1) is 15.9. The van der Waals surface area contributed by atoms with Gasteiger partial charge >= 0.3 is 0 Å². The third-order valence-corrected chi connectivity index (χ3v) is 4.99. The van der Waals surface area contributed by atoms with Crippen LogP contribution in [0.15, 0.2) is 24.3 Å². The maximum Gasteiger partial charge on any atom is 0.0234 e. The van der Waals surface area contributed by atoms with Gasteiger partial charge in [-0.1, -0.05) is 45.0 Å². The topological polar surface area (TPSA) is 15.3 Å². The number of nitrogens with one attached hydrogen (secondary N) is 1. The van der Waals surface area contributed by atoms with Crippen LogP contribution in [0.25, 0.3) is 0 Å². The van der Waals surface area contributed by atoms with E-state index >= 15 is 0 Å². The number of thioether (sulfide) groups is 1. The molecule has 2 nitrogen and oxygen atoms in total. The fourth-order valence-corrected chi connectivity index (χ4v) is 4.28. The van der Waals surface area contributed by atoms with Crippen molar-refractivity contribution in [2.75, 3.05) is 26.2 Å². The Morgan fingerprint density at radius 2 is 1.70 bits per heavy atom. The first-order valence-corrected chi connectivity index (χ1v) is 8.78. The summed E-state index contributed by atoms with van der Waals surface area (Å²) in [6.45, 7) is 12.5. The molecule has 0 spiro atoms. The van der Waals surface area contributed by atoms with Gasteiger partial charge in [-0.2, -0.15) is 11.8 Å². The zero-order valence-electron chi connectivity index (χ0n) is 13.1. The summed E-state index contributed by atoms with van der Waals surface area (Å²) >= 11 is 2.12. The van der Waals surface area contributed by atoms with Crippen LogP contribution in [0.4, 0.5) is 0 Å². The van der Waals surface area contributed by atoms with Crippen LogP contribution in [0, 0.1) is 0 Å². The Morgan fingerprint density at radius 3 is 2.30 bits per heavy atom. The third-order valence-electron chi connectivity index (χ3n) is 3.76. The zero-order valence-corrected chi connectivity index (χ0v) is 13.9. The molecule has 1 aromatic carbocycles. The van der Waals surface area contributed by atoms with E-state index in [2.05, 4.69) is 67.0 Å². The van der Waals surface area contributed by atoms with Crippen molar-refractivity contribution in [1.29, 1.82) is 0 Å². The van der Waals surface area contributed by atoms with Crippen molar-refractivity contribution >= 4 is 11.8 Å². The van der Waals surface area contributed by atoms with Crippen LogP contribution in [-0.2, 0) is 13.0 Å². The number of benzene rings is 1. The van der Waals surface area contributed by atoms with Crippen LogP contribution in [0.3, 0.4) is 0 Å². The predicted octanol–water partition coefficient (Wildman–Crippen LogP) is 3.16. The quantitative estimate of drug-likeness (QED) is 0.811. The molecule has 0 saturated carbocycles. The van der Waals surface area contributed by atoms with Crippen molar-refractivity contribution in [2.24, 2.45) is 0 Å². The molecule has 1 aromatic rings. The van der Waals surface area contributed by atoms with Gasteiger partial charge in [-0.25, -0.2) is 0 Å². The summed E-state index contributed by atoms with van der Waals surface area (Å²) < 4.78 is 0. The van der Waals surface area contributed by atoms with E-state index < -0.39 is 0 Å². The SMILES string of the molecule is CCNCCc1ccc(CN2CC(C)SC(C)C2)cc1. The molecule has 1 heterocycles. The summed E-state index contributed by atoms with van der Waals surface area (Å²) in [4.78, 5) is 2.60. The lowest BCUT2D eigenvalue weighted by Crippen LogP contribution is -2.39. The molecule has 1 N–H and O–H groups in total. The van der Waals surface area contributed by atoms with E-state index in [1.165, 1.54) is 24.2 Å². The van der Waals surface area contributed by atoms with Gasteiger partial charge in [-0.15, -0.1) is 0 Å². The highest BCUT2D eigenvalue weighted by molar-refractivity contribution is 8.00. The fraction of sp³-hybridized carbons (Fsp3) is 0.647. The van der Waals surface area contributed by atoms with E-state index in [-0.39, 0.29) is 0 Å². The molecule has 0 aliphatic carbocycles. The van der Waals surface area contributed by atoms with E-state index in [4.69, 9.17) is 0 Å². The van der Waals surface area contributed by atoms with Gasteiger partial charge in [-0.05, 0) is 30.6 Å². The van der Waals surface area contributed by atoms with E-state index in [1.807, 2.05) is 0 Å². The summed E-state index contributed by atoms with van der Waals surface area (Å²) in [6.07, 6.45) is 1.13. The number of nitrogens with zero attached hydrogens (tertiary/aromatic N) is 1. The Hall–Kier alpha value is -0.510. The van der Waals surface area contributed by atoms with Crippen LogP contribution < -0.4 is 5.32 Å². The fourth-order valence-electron chi connectivity index (χ4n) is 2.89. The van der Waals surface area contributed by atoms with E-state index in [1.54, 1.807) is 0 Å². The van der Waals surface area contributed by atoms with Gasteiger partial charge < -0.3 is 5.32 Å². The Labute approximate surface area is 128 Å². The lowest BCUT2D eigenvalue weighted by atomic mass is 10.1. The summed E-state index contributed by atoms with van der Waals surface area (Å²) in [5.74, 6) is 0. The summed E-state index contributed by atoms with van der Waals surface area (Å²) in [5, 5.41) is 4.90. The molecule has 1 saturated heterocycles. The molecule has 20 heavy (non-hydrogen) atoms. The molecule has 0 amide bonds. The Bertz CT molecular complexity index is 380. The van der Waals surface area contributed by atoms with Gasteiger partial charge in [0.2, 0.25) is 0 Å². The monoisotopic (exact) mass is 292 g/mol. The lowest BCUT2D eigenvalue weighted by Gasteiger charge is -2.34. The Balaban J connectivity index is 1.83. The second kappa shape index (κ2) is 8.06. The van der Waals surface area contributed by atoms with Gasteiger partial charge in [-0.3, -0.25) is 4.90 Å². The largest absolute Gasteiger partial charge is 0.317 e. The first-order chi connectivity index (χ1) is 9.67. The minimum Gasteiger partial charge on any atom is -0.317 e. The van der Waals surface area contributed by atoms with Crippen molar-refractivity contribution in [1.82, 2.24) is 10.2 Å². The molecule has 2 unspecified atom stereocenters. The molecule has 0 radical (unpaired) electrons. The molecular weight excluding hydrogens is 264 g/mol. The maximum absolute atomic E-state index is 3.38. The molecule has 2 rings (SSSR count). The average molecular weight is 292 g/mol. The van der Waals surface area contributed by atoms with Crippen LogP contribution in [-0.4, -0.2) is 41.6 Å². The summed E-state index contributed by atoms with van der Waals surface area (Å²) in [6, 6.07) is 9.19. The van der Waals surface area contributed by atoms with Gasteiger partial charge in [0.25, 0.3) is 0 Å². The molecular formula is C17H28N2S. The molecule has 112 valence electrons. The number of likely N-dealkylation sites (N-methyl/N-ethyl adjacent to an activating group) is 1. The van der Waals surface area contributed by atoms with Gasteiger partial charge in [0.05, 0.1) is 0 Å². The maximum atomic E-state index is 3.38. The highest BCUT2D eigenvalue weighted by Gasteiger charge is 2.21. The van der Waals surface area contributed by atoms with Crippen LogP contribution in [0.1, 0.15) is 31.9 Å². The van der Waals surface area contributed by atoms with Crippen LogP contribution in [0.2, 0.25) is 0 Å². The first-order valence-electron chi connectivity index (χ1n) is 7.83. The zero-order chi connectivity index (χ0) is 14.4. The van der Waals surface area contributed by atoms with Gasteiger partial charge in [0, 0.05) is 30.1 Å². The predicted molar refractivity (Wildman–Crippen MR) is 90.5 cm³/mol. The van der Waals surface area contributed by atoms with Crippen LogP contribution in [0.5, 0.6) is 0 Å².